The lowest BCUT2D eigenvalue weighted by Crippen LogP contribution is -2.46. The Morgan fingerprint density at radius 1 is 1.11 bits per heavy atom. The molecule has 1 N–H and O–H groups in total. The Bertz CT molecular complexity index is 805. The highest BCUT2D eigenvalue weighted by atomic mass is 79.9. The molecule has 1 saturated heterocycles. The number of aryl methyl sites for hydroxylation is 1. The molecule has 0 aliphatic carbocycles. The van der Waals surface area contributed by atoms with Gasteiger partial charge in [-0.25, -0.2) is 4.39 Å². The first-order chi connectivity index (χ1) is 13.0. The van der Waals surface area contributed by atoms with Gasteiger partial charge < -0.3 is 10.2 Å². The Hall–Kier alpha value is -2.21. The third kappa shape index (κ3) is 5.39. The first kappa shape index (κ1) is 19.5. The van der Waals surface area contributed by atoms with Crippen LogP contribution in [0.15, 0.2) is 53.0 Å². The summed E-state index contributed by atoms with van der Waals surface area (Å²) in [6.45, 7) is 1.15. The Balaban J connectivity index is 1.45. The van der Waals surface area contributed by atoms with Crippen LogP contribution in [-0.2, 0) is 11.2 Å². The molecule has 2 aromatic rings. The average molecular weight is 433 g/mol. The van der Waals surface area contributed by atoms with Crippen LogP contribution in [0.1, 0.15) is 35.2 Å². The van der Waals surface area contributed by atoms with Crippen LogP contribution < -0.4 is 5.32 Å². The van der Waals surface area contributed by atoms with E-state index in [0.717, 1.165) is 24.8 Å². The molecule has 0 bridgehead atoms. The maximum absolute atomic E-state index is 13.2. The molecule has 2 aromatic carbocycles. The maximum atomic E-state index is 13.2. The second kappa shape index (κ2) is 9.13. The second-order valence-corrected chi connectivity index (χ2v) is 7.60. The van der Waals surface area contributed by atoms with E-state index in [1.54, 1.807) is 4.90 Å². The number of piperidine rings is 1. The molecule has 4 nitrogen and oxygen atoms in total. The number of likely N-dealkylation sites (tertiary alicyclic amines) is 1. The summed E-state index contributed by atoms with van der Waals surface area (Å²) >= 11 is 3.25. The predicted molar refractivity (Wildman–Crippen MR) is 106 cm³/mol. The Morgan fingerprint density at radius 2 is 1.81 bits per heavy atom. The summed E-state index contributed by atoms with van der Waals surface area (Å²) in [6, 6.07) is 14.1. The van der Waals surface area contributed by atoms with Crippen LogP contribution in [0.4, 0.5) is 4.39 Å². The van der Waals surface area contributed by atoms with Crippen molar-refractivity contribution >= 4 is 27.7 Å². The lowest BCUT2D eigenvalue weighted by atomic mass is 10.0. The third-order valence-corrected chi connectivity index (χ3v) is 5.45. The fourth-order valence-electron chi connectivity index (χ4n) is 3.26. The lowest BCUT2D eigenvalue weighted by Gasteiger charge is -2.32. The van der Waals surface area contributed by atoms with Gasteiger partial charge in [0.25, 0.3) is 5.91 Å². The number of carbonyl (C=O) groups excluding carboxylic acids is 2. The van der Waals surface area contributed by atoms with Gasteiger partial charge in [-0.1, -0.05) is 30.3 Å². The van der Waals surface area contributed by atoms with Crippen LogP contribution in [0.5, 0.6) is 0 Å². The zero-order valence-corrected chi connectivity index (χ0v) is 16.5. The van der Waals surface area contributed by atoms with Gasteiger partial charge in [-0.2, -0.15) is 0 Å². The van der Waals surface area contributed by atoms with Crippen molar-refractivity contribution in [2.75, 3.05) is 13.1 Å². The summed E-state index contributed by atoms with van der Waals surface area (Å²) in [4.78, 5) is 26.5. The van der Waals surface area contributed by atoms with Gasteiger partial charge >= 0.3 is 0 Å². The first-order valence-corrected chi connectivity index (χ1v) is 9.90. The molecule has 1 aliphatic rings. The van der Waals surface area contributed by atoms with E-state index in [1.165, 1.54) is 18.2 Å². The number of nitrogens with one attached hydrogen (secondary N) is 1. The zero-order valence-electron chi connectivity index (χ0n) is 15.0. The normalized spacial score (nSPS) is 14.8. The number of hydrogen-bond acceptors (Lipinski definition) is 2. The van der Waals surface area contributed by atoms with Crippen LogP contribution in [0.3, 0.4) is 0 Å². The van der Waals surface area contributed by atoms with Crippen molar-refractivity contribution in [2.24, 2.45) is 0 Å². The minimum absolute atomic E-state index is 0.0462. The number of hydrogen-bond donors (Lipinski definition) is 1. The van der Waals surface area contributed by atoms with E-state index in [2.05, 4.69) is 21.2 Å². The molecule has 0 saturated carbocycles. The molecule has 1 aliphatic heterocycles. The van der Waals surface area contributed by atoms with Crippen molar-refractivity contribution in [3.8, 4) is 0 Å². The highest BCUT2D eigenvalue weighted by Crippen LogP contribution is 2.22. The molecule has 0 spiro atoms. The monoisotopic (exact) mass is 432 g/mol. The number of halogens is 2. The van der Waals surface area contributed by atoms with Gasteiger partial charge in [-0.3, -0.25) is 9.59 Å². The standard InChI is InChI=1S/C21H22BrFN2O2/c22-19-14-16(23)7-8-18(19)21(27)25-12-10-17(11-13-25)24-20(26)9-6-15-4-2-1-3-5-15/h1-5,7-8,14,17H,6,9-13H2,(H,24,26). The topological polar surface area (TPSA) is 49.4 Å². The molecule has 0 radical (unpaired) electrons. The summed E-state index contributed by atoms with van der Waals surface area (Å²) in [5.41, 5.74) is 1.61. The van der Waals surface area contributed by atoms with Crippen LogP contribution in [0, 0.1) is 5.82 Å². The Morgan fingerprint density at radius 3 is 2.48 bits per heavy atom. The molecule has 27 heavy (non-hydrogen) atoms. The quantitative estimate of drug-likeness (QED) is 0.777. The van der Waals surface area contributed by atoms with Crippen molar-refractivity contribution < 1.29 is 14.0 Å². The minimum Gasteiger partial charge on any atom is -0.353 e. The number of nitrogens with zero attached hydrogens (tertiary/aromatic N) is 1. The summed E-state index contributed by atoms with van der Waals surface area (Å²) in [6.07, 6.45) is 2.64. The molecule has 1 fully saturated rings. The van der Waals surface area contributed by atoms with E-state index in [-0.39, 0.29) is 23.7 Å². The Kier molecular flexibility index (Phi) is 6.61. The van der Waals surface area contributed by atoms with Crippen LogP contribution in [0.2, 0.25) is 0 Å². The van der Waals surface area contributed by atoms with Crippen LogP contribution in [-0.4, -0.2) is 35.8 Å². The van der Waals surface area contributed by atoms with Crippen molar-refractivity contribution in [2.45, 2.75) is 31.7 Å². The third-order valence-electron chi connectivity index (χ3n) is 4.79. The summed E-state index contributed by atoms with van der Waals surface area (Å²) < 4.78 is 13.7. The van der Waals surface area contributed by atoms with Gasteiger partial charge in [-0.15, -0.1) is 0 Å². The molecule has 2 amide bonds. The predicted octanol–water partition coefficient (Wildman–Crippen LogP) is 3.94. The average Bonchev–Trinajstić information content (AvgIpc) is 2.67. The first-order valence-electron chi connectivity index (χ1n) is 9.10. The number of amides is 2. The summed E-state index contributed by atoms with van der Waals surface area (Å²) in [7, 11) is 0. The van der Waals surface area contributed by atoms with Gasteiger partial charge in [0.1, 0.15) is 5.82 Å². The molecule has 1 heterocycles. The second-order valence-electron chi connectivity index (χ2n) is 6.74. The molecular formula is C21H22BrFN2O2. The minimum atomic E-state index is -0.379. The molecule has 0 unspecified atom stereocenters. The number of benzene rings is 2. The fourth-order valence-corrected chi connectivity index (χ4v) is 3.78. The van der Waals surface area contributed by atoms with E-state index in [0.29, 0.717) is 29.5 Å². The van der Waals surface area contributed by atoms with Gasteiger partial charge in [0.15, 0.2) is 0 Å². The number of carbonyl (C=O) groups is 2. The SMILES string of the molecule is O=C(CCc1ccccc1)NC1CCN(C(=O)c2ccc(F)cc2Br)CC1. The van der Waals surface area contributed by atoms with Crippen molar-refractivity contribution in [1.29, 1.82) is 0 Å². The highest BCUT2D eigenvalue weighted by Gasteiger charge is 2.25. The molecule has 3 rings (SSSR count). The highest BCUT2D eigenvalue weighted by molar-refractivity contribution is 9.10. The van der Waals surface area contributed by atoms with E-state index in [4.69, 9.17) is 0 Å². The Labute approximate surface area is 166 Å². The van der Waals surface area contributed by atoms with Crippen LogP contribution >= 0.6 is 15.9 Å². The van der Waals surface area contributed by atoms with Crippen LogP contribution in [0.25, 0.3) is 0 Å². The summed E-state index contributed by atoms with van der Waals surface area (Å²) in [5.74, 6) is -0.448. The van der Waals surface area contributed by atoms with Gasteiger partial charge in [0.05, 0.1) is 5.56 Å². The van der Waals surface area contributed by atoms with Crippen molar-refractivity contribution in [3.63, 3.8) is 0 Å². The van der Waals surface area contributed by atoms with Gasteiger partial charge in [0, 0.05) is 30.0 Å². The lowest BCUT2D eigenvalue weighted by molar-refractivity contribution is -0.122. The van der Waals surface area contributed by atoms with E-state index >= 15 is 0 Å². The maximum Gasteiger partial charge on any atom is 0.255 e. The van der Waals surface area contributed by atoms with E-state index < -0.39 is 0 Å². The molecule has 0 atom stereocenters. The van der Waals surface area contributed by atoms with E-state index in [1.807, 2.05) is 30.3 Å². The molecular weight excluding hydrogens is 411 g/mol. The summed E-state index contributed by atoms with van der Waals surface area (Å²) in [5, 5.41) is 3.07. The number of rotatable bonds is 5. The molecule has 0 aromatic heterocycles. The molecule has 142 valence electrons. The zero-order chi connectivity index (χ0) is 19.2. The molecule has 6 heteroatoms. The fraction of sp³-hybridized carbons (Fsp3) is 0.333. The smallest absolute Gasteiger partial charge is 0.255 e. The van der Waals surface area contributed by atoms with Gasteiger partial charge in [-0.05, 0) is 59.0 Å². The van der Waals surface area contributed by atoms with Crippen molar-refractivity contribution in [1.82, 2.24) is 10.2 Å². The van der Waals surface area contributed by atoms with Crippen molar-refractivity contribution in [3.05, 3.63) is 69.9 Å². The van der Waals surface area contributed by atoms with Gasteiger partial charge in [0.2, 0.25) is 5.91 Å². The largest absolute Gasteiger partial charge is 0.353 e. The van der Waals surface area contributed by atoms with E-state index in [9.17, 15) is 14.0 Å².